The lowest BCUT2D eigenvalue weighted by atomic mass is 9.85. The summed E-state index contributed by atoms with van der Waals surface area (Å²) in [5.41, 5.74) is 2.64. The van der Waals surface area contributed by atoms with E-state index in [1.807, 2.05) is 18.2 Å². The number of hydrogen-bond donors (Lipinski definition) is 1. The first kappa shape index (κ1) is 14.7. The summed E-state index contributed by atoms with van der Waals surface area (Å²) in [5, 5.41) is 7.58. The maximum atomic E-state index is 12.6. The second-order valence-electron chi connectivity index (χ2n) is 5.84. The number of benzene rings is 1. The fourth-order valence-corrected chi connectivity index (χ4v) is 3.43. The summed E-state index contributed by atoms with van der Waals surface area (Å²) < 4.78 is 12.5. The van der Waals surface area contributed by atoms with Gasteiger partial charge in [-0.25, -0.2) is 4.68 Å². The Hall–Kier alpha value is -2.83. The molecule has 2 aromatic rings. The van der Waals surface area contributed by atoms with Crippen LogP contribution in [0.25, 0.3) is 0 Å². The van der Waals surface area contributed by atoms with Crippen molar-refractivity contribution < 1.29 is 14.3 Å². The number of ether oxygens (including phenoxy) is 2. The van der Waals surface area contributed by atoms with Crippen LogP contribution in [0.3, 0.4) is 0 Å². The molecule has 0 bridgehead atoms. The number of allylic oxidation sites excluding steroid dienone is 2. The number of methoxy groups -OCH3 is 2. The highest BCUT2D eigenvalue weighted by molar-refractivity contribution is 5.99. The largest absolute Gasteiger partial charge is 0.493 e. The molecular formula is C17H18N4O3. The van der Waals surface area contributed by atoms with E-state index < -0.39 is 0 Å². The van der Waals surface area contributed by atoms with Gasteiger partial charge in [-0.3, -0.25) is 4.79 Å². The molecule has 124 valence electrons. The zero-order valence-corrected chi connectivity index (χ0v) is 13.6. The van der Waals surface area contributed by atoms with Crippen LogP contribution in [-0.2, 0) is 4.79 Å². The standard InChI is InChI=1S/C17H18N4O3/c1-23-13-7-6-10(8-14(13)24-2)16-15-11(4-3-5-12(15)22)20-17-18-9-19-21(16)17/h6-9,16H,3-5H2,1-2H3,(H,18,19,20)/t16-/m1/s1. The van der Waals surface area contributed by atoms with Gasteiger partial charge < -0.3 is 14.8 Å². The molecule has 0 fully saturated rings. The van der Waals surface area contributed by atoms with E-state index in [0.29, 0.717) is 23.9 Å². The van der Waals surface area contributed by atoms with Gasteiger partial charge in [0, 0.05) is 17.7 Å². The highest BCUT2D eigenvalue weighted by atomic mass is 16.5. The Morgan fingerprint density at radius 1 is 1.21 bits per heavy atom. The van der Waals surface area contributed by atoms with Crippen molar-refractivity contribution in [1.29, 1.82) is 0 Å². The first-order valence-corrected chi connectivity index (χ1v) is 7.87. The van der Waals surface area contributed by atoms with Crippen LogP contribution in [0.5, 0.6) is 11.5 Å². The first-order valence-electron chi connectivity index (χ1n) is 7.87. The van der Waals surface area contributed by atoms with Crippen molar-refractivity contribution in [2.45, 2.75) is 25.3 Å². The number of ketones is 1. The number of aromatic nitrogens is 3. The van der Waals surface area contributed by atoms with Gasteiger partial charge in [0.15, 0.2) is 17.3 Å². The summed E-state index contributed by atoms with van der Waals surface area (Å²) in [7, 11) is 3.20. The summed E-state index contributed by atoms with van der Waals surface area (Å²) in [6.07, 6.45) is 3.77. The van der Waals surface area contributed by atoms with Crippen molar-refractivity contribution >= 4 is 11.7 Å². The molecule has 7 nitrogen and oxygen atoms in total. The molecule has 0 saturated carbocycles. The van der Waals surface area contributed by atoms with Gasteiger partial charge >= 0.3 is 0 Å². The highest BCUT2D eigenvalue weighted by Gasteiger charge is 2.36. The minimum Gasteiger partial charge on any atom is -0.493 e. The summed E-state index contributed by atoms with van der Waals surface area (Å²) in [5.74, 6) is 2.09. The number of anilines is 1. The molecule has 1 aliphatic carbocycles. The molecule has 0 spiro atoms. The molecule has 2 heterocycles. The van der Waals surface area contributed by atoms with Crippen molar-refractivity contribution in [1.82, 2.24) is 14.8 Å². The average molecular weight is 326 g/mol. The molecule has 0 radical (unpaired) electrons. The maximum Gasteiger partial charge on any atom is 0.226 e. The molecule has 1 aromatic heterocycles. The summed E-state index contributed by atoms with van der Waals surface area (Å²) >= 11 is 0. The SMILES string of the molecule is COc1ccc([C@@H]2C3=C(CCCC3=O)Nc3ncnn32)cc1OC. The highest BCUT2D eigenvalue weighted by Crippen LogP contribution is 2.41. The molecule has 0 amide bonds. The predicted molar refractivity (Wildman–Crippen MR) is 87.2 cm³/mol. The molecular weight excluding hydrogens is 308 g/mol. The number of Topliss-reactive ketones (excluding diaryl/α,β-unsaturated/α-hetero) is 1. The van der Waals surface area contributed by atoms with Crippen LogP contribution < -0.4 is 14.8 Å². The van der Waals surface area contributed by atoms with Gasteiger partial charge in [-0.2, -0.15) is 10.1 Å². The van der Waals surface area contributed by atoms with Crippen LogP contribution >= 0.6 is 0 Å². The molecule has 1 atom stereocenters. The maximum absolute atomic E-state index is 12.6. The van der Waals surface area contributed by atoms with E-state index in [1.165, 1.54) is 6.33 Å². The molecule has 2 aliphatic rings. The average Bonchev–Trinajstić information content (AvgIpc) is 3.07. The van der Waals surface area contributed by atoms with Crippen molar-refractivity contribution in [3.63, 3.8) is 0 Å². The smallest absolute Gasteiger partial charge is 0.226 e. The minimum atomic E-state index is -0.300. The van der Waals surface area contributed by atoms with Crippen LogP contribution in [0.4, 0.5) is 5.95 Å². The van der Waals surface area contributed by atoms with Crippen molar-refractivity contribution in [2.24, 2.45) is 0 Å². The lowest BCUT2D eigenvalue weighted by Crippen LogP contribution is -2.31. The van der Waals surface area contributed by atoms with Gasteiger partial charge in [0.2, 0.25) is 5.95 Å². The lowest BCUT2D eigenvalue weighted by Gasteiger charge is -2.32. The molecule has 7 heteroatoms. The zero-order valence-electron chi connectivity index (χ0n) is 13.6. The van der Waals surface area contributed by atoms with E-state index in [2.05, 4.69) is 15.4 Å². The third-order valence-electron chi connectivity index (χ3n) is 4.53. The molecule has 1 aromatic carbocycles. The van der Waals surface area contributed by atoms with Gasteiger partial charge in [-0.05, 0) is 30.5 Å². The number of carbonyl (C=O) groups is 1. The fourth-order valence-electron chi connectivity index (χ4n) is 3.43. The Bertz CT molecular complexity index is 840. The van der Waals surface area contributed by atoms with Crippen LogP contribution in [0, 0.1) is 0 Å². The third kappa shape index (κ3) is 2.16. The predicted octanol–water partition coefficient (Wildman–Crippen LogP) is 2.32. The summed E-state index contributed by atoms with van der Waals surface area (Å²) in [4.78, 5) is 16.9. The summed E-state index contributed by atoms with van der Waals surface area (Å²) in [6.45, 7) is 0. The van der Waals surface area contributed by atoms with Gasteiger partial charge in [0.05, 0.1) is 14.2 Å². The topological polar surface area (TPSA) is 78.3 Å². The molecule has 4 rings (SSSR count). The number of hydrogen-bond acceptors (Lipinski definition) is 6. The number of carbonyl (C=O) groups excluding carboxylic acids is 1. The van der Waals surface area contributed by atoms with Gasteiger partial charge in [-0.15, -0.1) is 0 Å². The second-order valence-corrected chi connectivity index (χ2v) is 5.84. The number of nitrogens with one attached hydrogen (secondary N) is 1. The Labute approximate surface area is 139 Å². The fraction of sp³-hybridized carbons (Fsp3) is 0.353. The summed E-state index contributed by atoms with van der Waals surface area (Å²) in [6, 6.07) is 5.38. The van der Waals surface area contributed by atoms with E-state index >= 15 is 0 Å². The van der Waals surface area contributed by atoms with Gasteiger partial charge in [-0.1, -0.05) is 6.07 Å². The van der Waals surface area contributed by atoms with E-state index in [0.717, 1.165) is 29.7 Å². The third-order valence-corrected chi connectivity index (χ3v) is 4.53. The van der Waals surface area contributed by atoms with Crippen LogP contribution in [-0.4, -0.2) is 34.8 Å². The van der Waals surface area contributed by atoms with Crippen LogP contribution in [0.15, 0.2) is 35.8 Å². The zero-order chi connectivity index (χ0) is 16.7. The second kappa shape index (κ2) is 5.67. The number of rotatable bonds is 3. The van der Waals surface area contributed by atoms with E-state index in [9.17, 15) is 4.79 Å². The minimum absolute atomic E-state index is 0.157. The van der Waals surface area contributed by atoms with E-state index in [-0.39, 0.29) is 11.8 Å². The van der Waals surface area contributed by atoms with Crippen LogP contribution in [0.2, 0.25) is 0 Å². The Morgan fingerprint density at radius 2 is 2.04 bits per heavy atom. The van der Waals surface area contributed by atoms with Crippen molar-refractivity contribution in [3.05, 3.63) is 41.4 Å². The van der Waals surface area contributed by atoms with Crippen molar-refractivity contribution in [2.75, 3.05) is 19.5 Å². The normalized spacial score (nSPS) is 19.4. The molecule has 0 unspecified atom stereocenters. The van der Waals surface area contributed by atoms with Crippen molar-refractivity contribution in [3.8, 4) is 11.5 Å². The van der Waals surface area contributed by atoms with Gasteiger partial charge in [0.25, 0.3) is 0 Å². The molecule has 24 heavy (non-hydrogen) atoms. The number of nitrogens with zero attached hydrogens (tertiary/aromatic N) is 3. The molecule has 0 saturated heterocycles. The first-order chi connectivity index (χ1) is 11.7. The monoisotopic (exact) mass is 326 g/mol. The number of fused-ring (bicyclic) bond motifs is 1. The quantitative estimate of drug-likeness (QED) is 0.932. The molecule has 1 N–H and O–H groups in total. The van der Waals surface area contributed by atoms with Gasteiger partial charge in [0.1, 0.15) is 12.4 Å². The van der Waals surface area contributed by atoms with Crippen LogP contribution in [0.1, 0.15) is 30.9 Å². The lowest BCUT2D eigenvalue weighted by molar-refractivity contribution is -0.116. The molecule has 1 aliphatic heterocycles. The van der Waals surface area contributed by atoms with E-state index in [4.69, 9.17) is 9.47 Å². The Balaban J connectivity index is 1.89. The Morgan fingerprint density at radius 3 is 2.83 bits per heavy atom. The van der Waals surface area contributed by atoms with E-state index in [1.54, 1.807) is 18.9 Å². The Kier molecular flexibility index (Phi) is 3.48.